The molecule has 1 heterocycles. The van der Waals surface area contributed by atoms with Gasteiger partial charge in [-0.05, 0) is 54.8 Å². The van der Waals surface area contributed by atoms with Gasteiger partial charge in [0.05, 0.1) is 17.6 Å². The lowest BCUT2D eigenvalue weighted by atomic mass is 10.1. The molecule has 0 aliphatic rings. The first-order valence-corrected chi connectivity index (χ1v) is 9.02. The number of para-hydroxylation sites is 1. The van der Waals surface area contributed by atoms with E-state index in [0.29, 0.717) is 0 Å². The number of benzene rings is 2. The highest BCUT2D eigenvalue weighted by molar-refractivity contribution is 7.99. The van der Waals surface area contributed by atoms with Crippen LogP contribution in [0.4, 0.5) is 0 Å². The molecule has 0 spiro atoms. The van der Waals surface area contributed by atoms with Crippen molar-refractivity contribution >= 4 is 11.8 Å². The molecule has 3 rings (SSSR count). The molecule has 118 valence electrons. The van der Waals surface area contributed by atoms with Crippen molar-refractivity contribution in [3.05, 3.63) is 72.1 Å². The van der Waals surface area contributed by atoms with Crippen LogP contribution in [0.5, 0.6) is 0 Å². The van der Waals surface area contributed by atoms with E-state index in [1.807, 2.05) is 53.0 Å². The maximum atomic E-state index is 4.27. The molecular formula is C19H21N3S. The molecule has 1 aromatic heterocycles. The van der Waals surface area contributed by atoms with Gasteiger partial charge in [-0.25, -0.2) is 4.68 Å². The van der Waals surface area contributed by atoms with E-state index >= 15 is 0 Å². The first-order chi connectivity index (χ1) is 11.3. The zero-order chi connectivity index (χ0) is 15.9. The Bertz CT molecular complexity index is 720. The third-order valence-corrected chi connectivity index (χ3v) is 4.85. The van der Waals surface area contributed by atoms with Crippen LogP contribution in [0.25, 0.3) is 5.69 Å². The van der Waals surface area contributed by atoms with Gasteiger partial charge >= 0.3 is 0 Å². The van der Waals surface area contributed by atoms with Crippen LogP contribution in [0.3, 0.4) is 0 Å². The molecular weight excluding hydrogens is 302 g/mol. The number of aryl methyl sites for hydroxylation is 2. The fraction of sp³-hybridized carbons (Fsp3) is 0.263. The van der Waals surface area contributed by atoms with E-state index in [2.05, 4.69) is 41.5 Å². The SMILES string of the molecule is CCCSc1ccc(CCc2cn(-c3ccccc3)nn2)cc1. The molecule has 0 bridgehead atoms. The molecule has 0 unspecified atom stereocenters. The molecule has 0 saturated heterocycles. The molecule has 2 aromatic carbocycles. The minimum absolute atomic E-state index is 0.911. The Balaban J connectivity index is 1.57. The highest BCUT2D eigenvalue weighted by Gasteiger charge is 2.03. The number of hydrogen-bond acceptors (Lipinski definition) is 3. The summed E-state index contributed by atoms with van der Waals surface area (Å²) < 4.78 is 1.83. The van der Waals surface area contributed by atoms with Crippen LogP contribution >= 0.6 is 11.8 Å². The molecule has 0 saturated carbocycles. The van der Waals surface area contributed by atoms with Crippen molar-refractivity contribution in [3.8, 4) is 5.69 Å². The third kappa shape index (κ3) is 4.45. The first-order valence-electron chi connectivity index (χ1n) is 8.03. The van der Waals surface area contributed by atoms with Gasteiger partial charge < -0.3 is 0 Å². The van der Waals surface area contributed by atoms with Crippen LogP contribution in [-0.4, -0.2) is 20.7 Å². The molecule has 0 atom stereocenters. The molecule has 3 nitrogen and oxygen atoms in total. The molecule has 23 heavy (non-hydrogen) atoms. The van der Waals surface area contributed by atoms with Gasteiger partial charge in [-0.15, -0.1) is 16.9 Å². The molecule has 0 amide bonds. The maximum Gasteiger partial charge on any atom is 0.0835 e. The fourth-order valence-corrected chi connectivity index (χ4v) is 3.13. The summed E-state index contributed by atoms with van der Waals surface area (Å²) in [6.07, 6.45) is 5.13. The molecule has 0 aliphatic carbocycles. The number of aromatic nitrogens is 3. The van der Waals surface area contributed by atoms with Crippen molar-refractivity contribution in [3.63, 3.8) is 0 Å². The number of nitrogens with zero attached hydrogens (tertiary/aromatic N) is 3. The summed E-state index contributed by atoms with van der Waals surface area (Å²) in [5, 5.41) is 8.48. The summed E-state index contributed by atoms with van der Waals surface area (Å²) in [6, 6.07) is 19.0. The Labute approximate surface area is 141 Å². The summed E-state index contributed by atoms with van der Waals surface area (Å²) in [6.45, 7) is 2.21. The van der Waals surface area contributed by atoms with Crippen LogP contribution < -0.4 is 0 Å². The molecule has 4 heteroatoms. The van der Waals surface area contributed by atoms with E-state index in [-0.39, 0.29) is 0 Å². The molecule has 0 aliphatic heterocycles. The largest absolute Gasteiger partial charge is 0.220 e. The molecule has 0 N–H and O–H groups in total. The summed E-state index contributed by atoms with van der Waals surface area (Å²) in [5.41, 5.74) is 3.42. The van der Waals surface area contributed by atoms with E-state index in [0.717, 1.165) is 24.2 Å². The minimum atomic E-state index is 0.911. The van der Waals surface area contributed by atoms with E-state index < -0.39 is 0 Å². The third-order valence-electron chi connectivity index (χ3n) is 3.63. The topological polar surface area (TPSA) is 30.7 Å². The predicted octanol–water partition coefficient (Wildman–Crippen LogP) is 4.55. The Morgan fingerprint density at radius 1 is 0.957 bits per heavy atom. The van der Waals surface area contributed by atoms with Crippen molar-refractivity contribution in [1.29, 1.82) is 0 Å². The van der Waals surface area contributed by atoms with Crippen LogP contribution in [0, 0.1) is 0 Å². The monoisotopic (exact) mass is 323 g/mol. The van der Waals surface area contributed by atoms with E-state index in [9.17, 15) is 0 Å². The predicted molar refractivity (Wildman–Crippen MR) is 96.2 cm³/mol. The van der Waals surface area contributed by atoms with Crippen LogP contribution in [0.1, 0.15) is 24.6 Å². The lowest BCUT2D eigenvalue weighted by Gasteiger charge is -2.02. The van der Waals surface area contributed by atoms with Crippen LogP contribution in [0.15, 0.2) is 65.7 Å². The molecule has 0 radical (unpaired) electrons. The summed E-state index contributed by atoms with van der Waals surface area (Å²) >= 11 is 1.92. The average molecular weight is 323 g/mol. The van der Waals surface area contributed by atoms with Crippen LogP contribution in [0.2, 0.25) is 0 Å². The summed E-state index contributed by atoms with van der Waals surface area (Å²) in [7, 11) is 0. The lowest BCUT2D eigenvalue weighted by Crippen LogP contribution is -1.93. The molecule has 3 aromatic rings. The van der Waals surface area contributed by atoms with Gasteiger partial charge in [0.1, 0.15) is 0 Å². The number of hydrogen-bond donors (Lipinski definition) is 0. The zero-order valence-electron chi connectivity index (χ0n) is 13.4. The Morgan fingerprint density at radius 3 is 2.48 bits per heavy atom. The zero-order valence-corrected chi connectivity index (χ0v) is 14.2. The first kappa shape index (κ1) is 15.8. The van der Waals surface area contributed by atoms with Gasteiger partial charge in [0.2, 0.25) is 0 Å². The summed E-state index contributed by atoms with van der Waals surface area (Å²) in [4.78, 5) is 1.35. The Morgan fingerprint density at radius 2 is 1.74 bits per heavy atom. The highest BCUT2D eigenvalue weighted by Crippen LogP contribution is 2.19. The van der Waals surface area contributed by atoms with Gasteiger partial charge in [0.25, 0.3) is 0 Å². The Kier molecular flexibility index (Phi) is 5.48. The van der Waals surface area contributed by atoms with Gasteiger partial charge in [0.15, 0.2) is 0 Å². The van der Waals surface area contributed by atoms with E-state index in [4.69, 9.17) is 0 Å². The smallest absolute Gasteiger partial charge is 0.0835 e. The van der Waals surface area contributed by atoms with Crippen molar-refractivity contribution in [2.24, 2.45) is 0 Å². The second-order valence-electron chi connectivity index (χ2n) is 5.48. The van der Waals surface area contributed by atoms with Gasteiger partial charge in [-0.1, -0.05) is 42.5 Å². The van der Waals surface area contributed by atoms with Crippen molar-refractivity contribution in [1.82, 2.24) is 15.0 Å². The number of rotatable bonds is 7. The highest BCUT2D eigenvalue weighted by atomic mass is 32.2. The molecule has 0 fully saturated rings. The average Bonchev–Trinajstić information content (AvgIpc) is 3.09. The number of thioether (sulfide) groups is 1. The van der Waals surface area contributed by atoms with Crippen molar-refractivity contribution in [2.75, 3.05) is 5.75 Å². The lowest BCUT2D eigenvalue weighted by molar-refractivity contribution is 0.794. The summed E-state index contributed by atoms with van der Waals surface area (Å²) in [5.74, 6) is 1.18. The second kappa shape index (κ2) is 7.97. The van der Waals surface area contributed by atoms with Crippen LogP contribution in [-0.2, 0) is 12.8 Å². The van der Waals surface area contributed by atoms with Gasteiger partial charge in [-0.3, -0.25) is 0 Å². The quantitative estimate of drug-likeness (QED) is 0.597. The van der Waals surface area contributed by atoms with Crippen molar-refractivity contribution in [2.45, 2.75) is 31.1 Å². The second-order valence-corrected chi connectivity index (χ2v) is 6.65. The van der Waals surface area contributed by atoms with E-state index in [1.54, 1.807) is 0 Å². The maximum absolute atomic E-state index is 4.27. The standard InChI is InChI=1S/C19H21N3S/c1-2-14-23-19-12-9-16(10-13-19)8-11-17-15-22(21-20-17)18-6-4-3-5-7-18/h3-7,9-10,12-13,15H,2,8,11,14H2,1H3. The fourth-order valence-electron chi connectivity index (χ4n) is 2.36. The van der Waals surface area contributed by atoms with E-state index in [1.165, 1.54) is 22.6 Å². The van der Waals surface area contributed by atoms with Gasteiger partial charge in [0, 0.05) is 4.90 Å². The minimum Gasteiger partial charge on any atom is -0.220 e. The normalized spacial score (nSPS) is 10.8. The van der Waals surface area contributed by atoms with Crippen molar-refractivity contribution < 1.29 is 0 Å². The Hall–Kier alpha value is -2.07. The van der Waals surface area contributed by atoms with Gasteiger partial charge in [-0.2, -0.15) is 0 Å².